The van der Waals surface area contributed by atoms with Gasteiger partial charge in [0.25, 0.3) is 0 Å². The molecule has 0 nitrogen and oxygen atoms in total. The lowest BCUT2D eigenvalue weighted by Gasteiger charge is -2.23. The Balaban J connectivity index is 1.94. The highest BCUT2D eigenvalue weighted by Gasteiger charge is 2.28. The zero-order valence-corrected chi connectivity index (χ0v) is 16.9. The molecule has 0 aliphatic heterocycles. The van der Waals surface area contributed by atoms with Gasteiger partial charge in [-0.15, -0.1) is 0 Å². The van der Waals surface area contributed by atoms with Gasteiger partial charge in [-0.1, -0.05) is 90.1 Å². The second-order valence-corrected chi connectivity index (χ2v) is 9.76. The van der Waals surface area contributed by atoms with Crippen molar-refractivity contribution in [2.75, 3.05) is 0 Å². The smallest absolute Gasteiger partial charge is 0.0218 e. The van der Waals surface area contributed by atoms with Gasteiger partial charge >= 0.3 is 0 Å². The first-order valence-corrected chi connectivity index (χ1v) is 9.69. The van der Waals surface area contributed by atoms with E-state index in [9.17, 15) is 0 Å². The third kappa shape index (κ3) is 2.86. The van der Waals surface area contributed by atoms with Gasteiger partial charge in [0, 0.05) is 6.42 Å². The van der Waals surface area contributed by atoms with Crippen LogP contribution < -0.4 is 0 Å². The highest BCUT2D eigenvalue weighted by molar-refractivity contribution is 5.89. The lowest BCUT2D eigenvalue weighted by molar-refractivity contribution is 0.589. The third-order valence-electron chi connectivity index (χ3n) is 5.67. The summed E-state index contributed by atoms with van der Waals surface area (Å²) >= 11 is 0. The molecule has 0 unspecified atom stereocenters. The highest BCUT2D eigenvalue weighted by atomic mass is 14.3. The summed E-state index contributed by atoms with van der Waals surface area (Å²) in [5.41, 5.74) is 11.5. The van der Waals surface area contributed by atoms with Gasteiger partial charge in [0.1, 0.15) is 0 Å². The first-order chi connectivity index (χ1) is 12.1. The molecular weight excluding hydrogens is 312 g/mol. The van der Waals surface area contributed by atoms with Crippen molar-refractivity contribution in [1.29, 1.82) is 0 Å². The zero-order valence-electron chi connectivity index (χ0n) is 16.9. The number of rotatable bonds is 1. The average molecular weight is 342 g/mol. The molecule has 2 aliphatic rings. The monoisotopic (exact) mass is 341 g/mol. The molecule has 2 aromatic rings. The zero-order chi connectivity index (χ0) is 18.7. The standard InChI is InChI=1S/C26H29/c1-25(2,3)19-12-11-18-13-23-21(17-9-7-8-10-17)15-20(26(4,5)6)16-24(23)22(18)14-19/h7-9,11-16H,10H2,1-6H3. The van der Waals surface area contributed by atoms with Crippen LogP contribution >= 0.6 is 0 Å². The van der Waals surface area contributed by atoms with E-state index in [4.69, 9.17) is 0 Å². The number of hydrogen-bond acceptors (Lipinski definition) is 0. The summed E-state index contributed by atoms with van der Waals surface area (Å²) in [6.45, 7) is 13.8. The van der Waals surface area contributed by atoms with E-state index < -0.39 is 0 Å². The first-order valence-electron chi connectivity index (χ1n) is 9.69. The lowest BCUT2D eigenvalue weighted by Crippen LogP contribution is -2.12. The Morgan fingerprint density at radius 1 is 0.731 bits per heavy atom. The molecule has 2 aromatic carbocycles. The largest absolute Gasteiger partial charge is 0.0801 e. The van der Waals surface area contributed by atoms with Crippen molar-refractivity contribution in [1.82, 2.24) is 0 Å². The Bertz CT molecular complexity index is 937. The molecule has 0 fully saturated rings. The molecule has 0 N–H and O–H groups in total. The summed E-state index contributed by atoms with van der Waals surface area (Å²) in [5.74, 6) is 0. The molecule has 133 valence electrons. The second-order valence-electron chi connectivity index (χ2n) is 9.76. The number of allylic oxidation sites excluding steroid dienone is 4. The second kappa shape index (κ2) is 5.71. The van der Waals surface area contributed by atoms with Crippen LogP contribution in [0.1, 0.15) is 75.8 Å². The van der Waals surface area contributed by atoms with Crippen molar-refractivity contribution in [3.63, 3.8) is 0 Å². The Kier molecular flexibility index (Phi) is 3.81. The van der Waals surface area contributed by atoms with Crippen molar-refractivity contribution in [3.8, 4) is 11.1 Å². The van der Waals surface area contributed by atoms with Crippen molar-refractivity contribution in [2.45, 2.75) is 58.8 Å². The van der Waals surface area contributed by atoms with E-state index in [2.05, 4.69) is 96.5 Å². The van der Waals surface area contributed by atoms with E-state index in [0.29, 0.717) is 0 Å². The van der Waals surface area contributed by atoms with Crippen LogP contribution in [0.15, 0.2) is 48.6 Å². The van der Waals surface area contributed by atoms with Gasteiger partial charge in [-0.05, 0) is 61.8 Å². The quantitative estimate of drug-likeness (QED) is 0.439. The van der Waals surface area contributed by atoms with Gasteiger partial charge < -0.3 is 0 Å². The molecule has 0 amide bonds. The van der Waals surface area contributed by atoms with Gasteiger partial charge in [0.2, 0.25) is 0 Å². The minimum atomic E-state index is 0.140. The van der Waals surface area contributed by atoms with Crippen molar-refractivity contribution in [2.24, 2.45) is 0 Å². The van der Waals surface area contributed by atoms with Crippen LogP contribution in [0.5, 0.6) is 0 Å². The van der Waals surface area contributed by atoms with Gasteiger partial charge in [0.05, 0.1) is 0 Å². The van der Waals surface area contributed by atoms with Crippen molar-refractivity contribution < 1.29 is 0 Å². The van der Waals surface area contributed by atoms with Crippen LogP contribution in [-0.2, 0) is 10.8 Å². The first kappa shape index (κ1) is 17.3. The molecule has 2 aliphatic carbocycles. The minimum Gasteiger partial charge on any atom is -0.0801 e. The summed E-state index contributed by atoms with van der Waals surface area (Å²) in [7, 11) is 0. The maximum absolute atomic E-state index is 2.43. The summed E-state index contributed by atoms with van der Waals surface area (Å²) in [6.07, 6.45) is 10.1. The average Bonchev–Trinajstić information content (AvgIpc) is 3.19. The summed E-state index contributed by atoms with van der Waals surface area (Å²) < 4.78 is 0. The highest BCUT2D eigenvalue weighted by Crippen LogP contribution is 2.46. The van der Waals surface area contributed by atoms with Crippen LogP contribution in [0.2, 0.25) is 0 Å². The molecular formula is C26H29. The van der Waals surface area contributed by atoms with Gasteiger partial charge in [0.15, 0.2) is 0 Å². The fourth-order valence-electron chi connectivity index (χ4n) is 3.91. The Morgan fingerprint density at radius 3 is 2.00 bits per heavy atom. The molecule has 0 saturated carbocycles. The van der Waals surface area contributed by atoms with E-state index in [1.165, 1.54) is 44.5 Å². The topological polar surface area (TPSA) is 0 Å². The molecule has 0 saturated heterocycles. The SMILES string of the molecule is CC(C)(C)c1ccc2c(c1)-c1cc(C(C)(C)C)cc(C3=CC=CC3)c1[CH]2. The predicted octanol–water partition coefficient (Wildman–Crippen LogP) is 7.21. The van der Waals surface area contributed by atoms with E-state index in [1.54, 1.807) is 0 Å². The van der Waals surface area contributed by atoms with Crippen LogP contribution in [0.25, 0.3) is 16.7 Å². The number of benzene rings is 2. The lowest BCUT2D eigenvalue weighted by atomic mass is 9.81. The van der Waals surface area contributed by atoms with Gasteiger partial charge in [-0.3, -0.25) is 0 Å². The number of fused-ring (bicyclic) bond motifs is 3. The van der Waals surface area contributed by atoms with E-state index >= 15 is 0 Å². The Labute approximate surface area is 158 Å². The summed E-state index contributed by atoms with van der Waals surface area (Å²) in [4.78, 5) is 0. The maximum Gasteiger partial charge on any atom is 0.0218 e. The molecule has 0 heteroatoms. The van der Waals surface area contributed by atoms with Crippen LogP contribution in [0.4, 0.5) is 0 Å². The molecule has 0 bridgehead atoms. The minimum absolute atomic E-state index is 0.140. The molecule has 0 spiro atoms. The third-order valence-corrected chi connectivity index (χ3v) is 5.67. The molecule has 1 radical (unpaired) electrons. The van der Waals surface area contributed by atoms with Crippen LogP contribution in [0.3, 0.4) is 0 Å². The normalized spacial score (nSPS) is 15.8. The van der Waals surface area contributed by atoms with Crippen LogP contribution in [-0.4, -0.2) is 0 Å². The van der Waals surface area contributed by atoms with Gasteiger partial charge in [-0.2, -0.15) is 0 Å². The van der Waals surface area contributed by atoms with Crippen molar-refractivity contribution in [3.05, 3.63) is 82.8 Å². The fraction of sp³-hybridized carbons (Fsp3) is 0.346. The molecule has 0 aromatic heterocycles. The molecule has 4 rings (SSSR count). The fourth-order valence-corrected chi connectivity index (χ4v) is 3.91. The Morgan fingerprint density at radius 2 is 1.38 bits per heavy atom. The predicted molar refractivity (Wildman–Crippen MR) is 114 cm³/mol. The summed E-state index contributed by atoms with van der Waals surface area (Å²) in [5, 5.41) is 0. The maximum atomic E-state index is 2.43. The Hall–Kier alpha value is -2.08. The molecule has 0 heterocycles. The van der Waals surface area contributed by atoms with E-state index in [1.807, 2.05) is 0 Å². The summed E-state index contributed by atoms with van der Waals surface area (Å²) in [6, 6.07) is 11.9. The molecule has 26 heavy (non-hydrogen) atoms. The van der Waals surface area contributed by atoms with E-state index in [-0.39, 0.29) is 10.8 Å². The van der Waals surface area contributed by atoms with Gasteiger partial charge in [-0.25, -0.2) is 0 Å². The van der Waals surface area contributed by atoms with Crippen LogP contribution in [0, 0.1) is 6.42 Å². The van der Waals surface area contributed by atoms with Crippen molar-refractivity contribution >= 4 is 5.57 Å². The molecule has 0 atom stereocenters. The number of hydrogen-bond donors (Lipinski definition) is 0. The van der Waals surface area contributed by atoms with E-state index in [0.717, 1.165) is 6.42 Å².